The second-order valence-corrected chi connectivity index (χ2v) is 2.71. The van der Waals surface area contributed by atoms with Gasteiger partial charge in [-0.15, -0.1) is 0 Å². The molecule has 0 spiro atoms. The van der Waals surface area contributed by atoms with E-state index in [0.29, 0.717) is 12.0 Å². The average Bonchev–Trinajstić information content (AvgIpc) is 2.19. The summed E-state index contributed by atoms with van der Waals surface area (Å²) >= 11 is 0. The number of hydrogen-bond donors (Lipinski definition) is 0. The van der Waals surface area contributed by atoms with Crippen molar-refractivity contribution in [2.24, 2.45) is 0 Å². The number of ketones is 2. The minimum atomic E-state index is -0.142. The third kappa shape index (κ3) is 2.72. The van der Waals surface area contributed by atoms with Crippen molar-refractivity contribution in [1.82, 2.24) is 0 Å². The van der Waals surface area contributed by atoms with E-state index in [1.54, 1.807) is 25.2 Å². The third-order valence-electron chi connectivity index (χ3n) is 1.73. The van der Waals surface area contributed by atoms with E-state index in [1.807, 2.05) is 0 Å². The van der Waals surface area contributed by atoms with E-state index in [2.05, 4.69) is 11.5 Å². The Hall–Kier alpha value is -1.62. The predicted octanol–water partition coefficient (Wildman–Crippen LogP) is 1.73. The smallest absolute Gasteiger partial charge is 0.170 e. The molecule has 2 heteroatoms. The molecular formula is C11H10O2. The summed E-state index contributed by atoms with van der Waals surface area (Å²) in [4.78, 5) is 22.3. The van der Waals surface area contributed by atoms with Crippen LogP contribution in [0, 0.1) is 0 Å². The Balaban J connectivity index is 2.61. The predicted molar refractivity (Wildman–Crippen MR) is 49.2 cm³/mol. The van der Waals surface area contributed by atoms with Crippen LogP contribution in [0.1, 0.15) is 19.8 Å². The van der Waals surface area contributed by atoms with Gasteiger partial charge in [-0.05, 0) is 18.2 Å². The summed E-state index contributed by atoms with van der Waals surface area (Å²) in [5.74, 6) is -0.171. The van der Waals surface area contributed by atoms with Crippen molar-refractivity contribution in [2.45, 2.75) is 19.8 Å². The lowest BCUT2D eigenvalue weighted by atomic mass is 10.0. The maximum Gasteiger partial charge on any atom is 0.170 e. The first-order chi connectivity index (χ1) is 6.24. The van der Waals surface area contributed by atoms with Crippen LogP contribution in [0.3, 0.4) is 0 Å². The number of carbonyl (C=O) groups excluding carboxylic acids is 2. The molecule has 0 aromatic carbocycles. The average molecular weight is 174 g/mol. The summed E-state index contributed by atoms with van der Waals surface area (Å²) < 4.78 is 0. The molecular weight excluding hydrogens is 164 g/mol. The quantitative estimate of drug-likeness (QED) is 0.480. The SMILES string of the molecule is CCC(=O)CC(=O)C1=CC=C=C=C1. The molecule has 0 bridgehead atoms. The molecule has 0 amide bonds. The summed E-state index contributed by atoms with van der Waals surface area (Å²) in [7, 11) is 0. The molecule has 0 aliphatic heterocycles. The van der Waals surface area contributed by atoms with Crippen molar-refractivity contribution >= 4 is 11.6 Å². The lowest BCUT2D eigenvalue weighted by Crippen LogP contribution is -2.08. The zero-order chi connectivity index (χ0) is 9.68. The van der Waals surface area contributed by atoms with Crippen LogP contribution < -0.4 is 0 Å². The topological polar surface area (TPSA) is 34.1 Å². The molecule has 0 N–H and O–H groups in total. The molecule has 0 fully saturated rings. The minimum Gasteiger partial charge on any atom is -0.299 e. The second-order valence-electron chi connectivity index (χ2n) is 2.71. The Labute approximate surface area is 76.9 Å². The number of Topliss-reactive ketones (excluding diaryl/α,β-unsaturated/α-hetero) is 2. The lowest BCUT2D eigenvalue weighted by molar-refractivity contribution is -0.124. The van der Waals surface area contributed by atoms with Gasteiger partial charge in [-0.2, -0.15) is 0 Å². The first-order valence-electron chi connectivity index (χ1n) is 4.16. The van der Waals surface area contributed by atoms with Gasteiger partial charge >= 0.3 is 0 Å². The van der Waals surface area contributed by atoms with Crippen molar-refractivity contribution in [1.29, 1.82) is 0 Å². The van der Waals surface area contributed by atoms with Gasteiger partial charge in [0.2, 0.25) is 0 Å². The zero-order valence-corrected chi connectivity index (χ0v) is 7.46. The Morgan fingerprint density at radius 3 is 2.69 bits per heavy atom. The first kappa shape index (κ1) is 9.47. The first-order valence-corrected chi connectivity index (χ1v) is 4.16. The molecule has 2 nitrogen and oxygen atoms in total. The van der Waals surface area contributed by atoms with Crippen molar-refractivity contribution in [2.75, 3.05) is 0 Å². The summed E-state index contributed by atoms with van der Waals surface area (Å²) in [6.45, 7) is 1.75. The van der Waals surface area contributed by atoms with Gasteiger partial charge in [0, 0.05) is 12.0 Å². The lowest BCUT2D eigenvalue weighted by Gasteiger charge is -1.98. The van der Waals surface area contributed by atoms with Crippen LogP contribution in [0.2, 0.25) is 0 Å². The van der Waals surface area contributed by atoms with Gasteiger partial charge < -0.3 is 0 Å². The molecule has 0 aromatic heterocycles. The van der Waals surface area contributed by atoms with Crippen LogP contribution in [0.25, 0.3) is 0 Å². The Morgan fingerprint density at radius 2 is 2.15 bits per heavy atom. The summed E-state index contributed by atoms with van der Waals surface area (Å²) in [6, 6.07) is 0. The molecule has 0 unspecified atom stereocenters. The fraction of sp³-hybridized carbons (Fsp3) is 0.273. The second kappa shape index (κ2) is 4.42. The molecule has 0 aromatic rings. The number of hydrogen-bond acceptors (Lipinski definition) is 2. The molecule has 0 heterocycles. The van der Waals surface area contributed by atoms with Crippen LogP contribution in [-0.4, -0.2) is 11.6 Å². The summed E-state index contributed by atoms with van der Waals surface area (Å²) in [6.07, 6.45) is 5.21. The van der Waals surface area contributed by atoms with E-state index in [0.717, 1.165) is 0 Å². The summed E-state index contributed by atoms with van der Waals surface area (Å²) in [5, 5.41) is 0. The van der Waals surface area contributed by atoms with Gasteiger partial charge in [0.15, 0.2) is 5.78 Å². The van der Waals surface area contributed by atoms with Crippen LogP contribution in [-0.2, 0) is 9.59 Å². The largest absolute Gasteiger partial charge is 0.299 e. The van der Waals surface area contributed by atoms with E-state index in [-0.39, 0.29) is 18.0 Å². The van der Waals surface area contributed by atoms with E-state index in [4.69, 9.17) is 0 Å². The van der Waals surface area contributed by atoms with E-state index in [1.165, 1.54) is 0 Å². The van der Waals surface area contributed by atoms with Crippen molar-refractivity contribution in [3.05, 3.63) is 35.3 Å². The minimum absolute atomic E-state index is 0.00560. The normalized spacial score (nSPS) is 12.8. The Kier molecular flexibility index (Phi) is 3.22. The van der Waals surface area contributed by atoms with Crippen LogP contribution in [0.4, 0.5) is 0 Å². The molecule has 0 saturated carbocycles. The third-order valence-corrected chi connectivity index (χ3v) is 1.73. The van der Waals surface area contributed by atoms with E-state index in [9.17, 15) is 9.59 Å². The highest BCUT2D eigenvalue weighted by molar-refractivity contribution is 6.09. The number of allylic oxidation sites excluding steroid dienone is 4. The van der Waals surface area contributed by atoms with E-state index < -0.39 is 0 Å². The van der Waals surface area contributed by atoms with Crippen LogP contribution in [0.15, 0.2) is 35.3 Å². The van der Waals surface area contributed by atoms with Gasteiger partial charge in [-0.3, -0.25) is 9.59 Å². The maximum atomic E-state index is 11.4. The maximum absolute atomic E-state index is 11.4. The monoisotopic (exact) mass is 174 g/mol. The van der Waals surface area contributed by atoms with Gasteiger partial charge in [-0.1, -0.05) is 18.4 Å². The van der Waals surface area contributed by atoms with Gasteiger partial charge in [0.1, 0.15) is 5.78 Å². The molecule has 1 aliphatic rings. The van der Waals surface area contributed by atoms with E-state index >= 15 is 0 Å². The standard InChI is InChI=1S/C11H10O2/c1-2-10(12)8-11(13)9-6-4-3-5-7-9/h4,6-7H,2,8H2,1H3. The van der Waals surface area contributed by atoms with Crippen molar-refractivity contribution in [3.63, 3.8) is 0 Å². The fourth-order valence-corrected chi connectivity index (χ4v) is 0.927. The molecule has 13 heavy (non-hydrogen) atoms. The Bertz CT molecular complexity index is 360. The number of rotatable bonds is 4. The van der Waals surface area contributed by atoms with Crippen molar-refractivity contribution in [3.8, 4) is 0 Å². The fourth-order valence-electron chi connectivity index (χ4n) is 0.927. The molecule has 0 radical (unpaired) electrons. The van der Waals surface area contributed by atoms with Crippen LogP contribution >= 0.6 is 0 Å². The van der Waals surface area contributed by atoms with Gasteiger partial charge in [-0.25, -0.2) is 0 Å². The summed E-state index contributed by atoms with van der Waals surface area (Å²) in [5.41, 5.74) is 5.90. The highest BCUT2D eigenvalue weighted by atomic mass is 16.1. The van der Waals surface area contributed by atoms with Gasteiger partial charge in [0.25, 0.3) is 0 Å². The number of carbonyl (C=O) groups is 2. The molecule has 0 saturated heterocycles. The molecule has 1 rings (SSSR count). The van der Waals surface area contributed by atoms with Crippen molar-refractivity contribution < 1.29 is 9.59 Å². The highest BCUT2D eigenvalue weighted by Gasteiger charge is 2.10. The highest BCUT2D eigenvalue weighted by Crippen LogP contribution is 2.05. The zero-order valence-electron chi connectivity index (χ0n) is 7.46. The van der Waals surface area contributed by atoms with Crippen LogP contribution in [0.5, 0.6) is 0 Å². The molecule has 66 valence electrons. The molecule has 1 aliphatic carbocycles. The van der Waals surface area contributed by atoms with Gasteiger partial charge in [0.05, 0.1) is 6.42 Å². The Morgan fingerprint density at radius 1 is 1.38 bits per heavy atom. The molecule has 0 atom stereocenters.